The van der Waals surface area contributed by atoms with Gasteiger partial charge in [0.1, 0.15) is 0 Å². The van der Waals surface area contributed by atoms with E-state index in [1.165, 1.54) is 18.2 Å². The van der Waals surface area contributed by atoms with Gasteiger partial charge in [-0.2, -0.15) is 0 Å². The second-order valence-corrected chi connectivity index (χ2v) is 8.75. The smallest absolute Gasteiger partial charge is 0.308 e. The first-order chi connectivity index (χ1) is 15.9. The van der Waals surface area contributed by atoms with Crippen molar-refractivity contribution in [1.82, 2.24) is 19.4 Å². The Balaban J connectivity index is 0.00000324. The van der Waals surface area contributed by atoms with E-state index < -0.39 is 5.69 Å². The molecule has 178 valence electrons. The SMILES string of the molecule is CN(C)CCN(Cc1ccccc1)Cc1cccc(-c2ccc3[nH]c(=O)n(C)c(=O)c3c2)c1.Cl. The highest BCUT2D eigenvalue weighted by molar-refractivity contribution is 5.85. The third kappa shape index (κ3) is 6.03. The number of nitrogens with zero attached hydrogens (tertiary/aromatic N) is 3. The van der Waals surface area contributed by atoms with Gasteiger partial charge >= 0.3 is 5.69 Å². The zero-order valence-corrected chi connectivity index (χ0v) is 20.6. The van der Waals surface area contributed by atoms with Crippen LogP contribution in [0.25, 0.3) is 22.0 Å². The van der Waals surface area contributed by atoms with Gasteiger partial charge in [0.25, 0.3) is 5.56 Å². The molecule has 1 N–H and O–H groups in total. The van der Waals surface area contributed by atoms with E-state index in [0.29, 0.717) is 10.9 Å². The second kappa shape index (κ2) is 11.3. The lowest BCUT2D eigenvalue weighted by Crippen LogP contribution is -2.32. The molecular weight excluding hydrogens is 448 g/mol. The summed E-state index contributed by atoms with van der Waals surface area (Å²) < 4.78 is 1.11. The van der Waals surface area contributed by atoms with E-state index in [9.17, 15) is 9.59 Å². The molecule has 0 radical (unpaired) electrons. The molecule has 6 nitrogen and oxygen atoms in total. The Labute approximate surface area is 205 Å². The fourth-order valence-corrected chi connectivity index (χ4v) is 3.99. The molecule has 34 heavy (non-hydrogen) atoms. The first-order valence-corrected chi connectivity index (χ1v) is 11.1. The van der Waals surface area contributed by atoms with Gasteiger partial charge in [0.2, 0.25) is 0 Å². The van der Waals surface area contributed by atoms with Crippen LogP contribution in [-0.4, -0.2) is 46.5 Å². The van der Waals surface area contributed by atoms with Gasteiger partial charge in [-0.05, 0) is 54.5 Å². The number of likely N-dealkylation sites (N-methyl/N-ethyl adjacent to an activating group) is 1. The van der Waals surface area contributed by atoms with Crippen molar-refractivity contribution in [2.45, 2.75) is 13.1 Å². The number of H-pyrrole nitrogens is 1. The first-order valence-electron chi connectivity index (χ1n) is 11.1. The summed E-state index contributed by atoms with van der Waals surface area (Å²) in [4.78, 5) is 31.9. The molecule has 0 bridgehead atoms. The zero-order valence-electron chi connectivity index (χ0n) is 19.8. The number of halogens is 1. The minimum atomic E-state index is -0.404. The average molecular weight is 479 g/mol. The number of aromatic nitrogens is 2. The minimum Gasteiger partial charge on any atom is -0.308 e. The van der Waals surface area contributed by atoms with Gasteiger partial charge in [0.15, 0.2) is 0 Å². The Morgan fingerprint density at radius 2 is 1.47 bits per heavy atom. The van der Waals surface area contributed by atoms with Crippen molar-refractivity contribution in [3.63, 3.8) is 0 Å². The standard InChI is InChI=1S/C27H30N4O2.ClH/c1-29(2)14-15-31(18-20-8-5-4-6-9-20)19-21-10-7-11-22(16-21)23-12-13-25-24(17-23)26(32)30(3)27(33)28-25;/h4-13,16-17H,14-15,18-19H2,1-3H3,(H,28,33);1H. The molecule has 1 aromatic heterocycles. The molecule has 0 saturated heterocycles. The number of hydrogen-bond donors (Lipinski definition) is 1. The molecular formula is C27H31ClN4O2. The predicted octanol–water partition coefficient (Wildman–Crippen LogP) is 3.88. The summed E-state index contributed by atoms with van der Waals surface area (Å²) >= 11 is 0. The van der Waals surface area contributed by atoms with Gasteiger partial charge in [-0.1, -0.05) is 54.6 Å². The van der Waals surface area contributed by atoms with Crippen molar-refractivity contribution < 1.29 is 0 Å². The first kappa shape index (κ1) is 25.4. The molecule has 0 aliphatic rings. The third-order valence-corrected chi connectivity index (χ3v) is 5.88. The van der Waals surface area contributed by atoms with Crippen molar-refractivity contribution >= 4 is 23.3 Å². The van der Waals surface area contributed by atoms with Crippen LogP contribution < -0.4 is 11.2 Å². The molecule has 7 heteroatoms. The summed E-state index contributed by atoms with van der Waals surface area (Å²) in [6, 6.07) is 24.6. The van der Waals surface area contributed by atoms with Crippen LogP contribution in [0, 0.1) is 0 Å². The van der Waals surface area contributed by atoms with E-state index in [1.807, 2.05) is 18.2 Å². The fourth-order valence-electron chi connectivity index (χ4n) is 3.99. The zero-order chi connectivity index (χ0) is 23.4. The maximum Gasteiger partial charge on any atom is 0.328 e. The number of hydrogen-bond acceptors (Lipinski definition) is 4. The van der Waals surface area contributed by atoms with Gasteiger partial charge in [-0.25, -0.2) is 4.79 Å². The molecule has 0 fully saturated rings. The third-order valence-electron chi connectivity index (χ3n) is 5.88. The van der Waals surface area contributed by atoms with Crippen molar-refractivity contribution in [2.24, 2.45) is 7.05 Å². The van der Waals surface area contributed by atoms with E-state index in [0.717, 1.165) is 41.9 Å². The number of rotatable bonds is 8. The fraction of sp³-hybridized carbons (Fsp3) is 0.259. The lowest BCUT2D eigenvalue weighted by molar-refractivity contribution is 0.226. The molecule has 0 spiro atoms. The van der Waals surface area contributed by atoms with Crippen molar-refractivity contribution in [2.75, 3.05) is 27.2 Å². The van der Waals surface area contributed by atoms with Crippen LogP contribution in [0.1, 0.15) is 11.1 Å². The van der Waals surface area contributed by atoms with E-state index in [-0.39, 0.29) is 18.0 Å². The number of nitrogens with one attached hydrogen (secondary N) is 1. The summed E-state index contributed by atoms with van der Waals surface area (Å²) in [5.74, 6) is 0. The van der Waals surface area contributed by atoms with Crippen LogP contribution in [0.2, 0.25) is 0 Å². The molecule has 0 aliphatic carbocycles. The minimum absolute atomic E-state index is 0. The van der Waals surface area contributed by atoms with Gasteiger partial charge in [0, 0.05) is 33.2 Å². The normalized spacial score (nSPS) is 11.2. The number of fused-ring (bicyclic) bond motifs is 1. The Morgan fingerprint density at radius 3 is 2.21 bits per heavy atom. The quantitative estimate of drug-likeness (QED) is 0.417. The molecule has 4 rings (SSSR count). The molecule has 0 amide bonds. The largest absolute Gasteiger partial charge is 0.328 e. The van der Waals surface area contributed by atoms with Gasteiger partial charge in [-0.15, -0.1) is 12.4 Å². The lowest BCUT2D eigenvalue weighted by atomic mass is 10.0. The maximum absolute atomic E-state index is 12.6. The molecule has 3 aromatic carbocycles. The molecule has 1 heterocycles. The maximum atomic E-state index is 12.6. The second-order valence-electron chi connectivity index (χ2n) is 8.75. The molecule has 4 aromatic rings. The summed E-state index contributed by atoms with van der Waals surface area (Å²) in [5.41, 5.74) is 4.39. The van der Waals surface area contributed by atoms with E-state index in [4.69, 9.17) is 0 Å². The highest BCUT2D eigenvalue weighted by atomic mass is 35.5. The lowest BCUT2D eigenvalue weighted by Gasteiger charge is -2.24. The van der Waals surface area contributed by atoms with E-state index in [2.05, 4.69) is 77.4 Å². The van der Waals surface area contributed by atoms with Crippen LogP contribution in [0.15, 0.2) is 82.4 Å². The Morgan fingerprint density at radius 1 is 0.794 bits per heavy atom. The highest BCUT2D eigenvalue weighted by Crippen LogP contribution is 2.24. The Hall–Kier alpha value is -3.19. The molecule has 0 unspecified atom stereocenters. The molecule has 0 atom stereocenters. The summed E-state index contributed by atoms with van der Waals surface area (Å²) in [5, 5.41) is 0.511. The van der Waals surface area contributed by atoms with Gasteiger partial charge in [0.05, 0.1) is 10.9 Å². The van der Waals surface area contributed by atoms with Crippen molar-refractivity contribution in [3.05, 3.63) is 105 Å². The highest BCUT2D eigenvalue weighted by Gasteiger charge is 2.10. The average Bonchev–Trinajstić information content (AvgIpc) is 2.82. The number of aromatic amines is 1. The molecule has 0 aliphatic heterocycles. The van der Waals surface area contributed by atoms with E-state index >= 15 is 0 Å². The summed E-state index contributed by atoms with van der Waals surface area (Å²) in [6.07, 6.45) is 0. The van der Waals surface area contributed by atoms with Crippen LogP contribution in [-0.2, 0) is 20.1 Å². The summed E-state index contributed by atoms with van der Waals surface area (Å²) in [7, 11) is 5.68. The van der Waals surface area contributed by atoms with Crippen molar-refractivity contribution in [3.8, 4) is 11.1 Å². The Kier molecular flexibility index (Phi) is 8.45. The van der Waals surface area contributed by atoms with Crippen LogP contribution in [0.5, 0.6) is 0 Å². The van der Waals surface area contributed by atoms with Gasteiger partial charge in [-0.3, -0.25) is 14.3 Å². The predicted molar refractivity (Wildman–Crippen MR) is 142 cm³/mol. The van der Waals surface area contributed by atoms with Gasteiger partial charge < -0.3 is 9.88 Å². The summed E-state index contributed by atoms with van der Waals surface area (Å²) in [6.45, 7) is 3.67. The van der Waals surface area contributed by atoms with Crippen LogP contribution >= 0.6 is 12.4 Å². The monoisotopic (exact) mass is 478 g/mol. The van der Waals surface area contributed by atoms with E-state index in [1.54, 1.807) is 6.07 Å². The molecule has 0 saturated carbocycles. The van der Waals surface area contributed by atoms with Crippen LogP contribution in [0.3, 0.4) is 0 Å². The van der Waals surface area contributed by atoms with Crippen molar-refractivity contribution in [1.29, 1.82) is 0 Å². The van der Waals surface area contributed by atoms with Crippen LogP contribution in [0.4, 0.5) is 0 Å². The topological polar surface area (TPSA) is 61.3 Å². The Bertz CT molecular complexity index is 1360. The number of benzene rings is 3.